The molecule has 0 amide bonds. The van der Waals surface area contributed by atoms with Crippen LogP contribution < -0.4 is 9.80 Å². The predicted molar refractivity (Wildman–Crippen MR) is 206 cm³/mol. The van der Waals surface area contributed by atoms with Crippen LogP contribution in [0.2, 0.25) is 0 Å². The van der Waals surface area contributed by atoms with Crippen LogP contribution in [0.25, 0.3) is 34.2 Å². The lowest BCUT2D eigenvalue weighted by atomic mass is 10.1. The van der Waals surface area contributed by atoms with Gasteiger partial charge < -0.3 is 9.80 Å². The second-order valence-electron chi connectivity index (χ2n) is 11.8. The third-order valence-electron chi connectivity index (χ3n) is 8.45. The zero-order valence-electron chi connectivity index (χ0n) is 27.3. The van der Waals surface area contributed by atoms with Crippen LogP contribution in [-0.4, -0.2) is 15.0 Å². The highest BCUT2D eigenvalue weighted by atomic mass is 15.1. The Kier molecular flexibility index (Phi) is 8.60. The molecular weight excluding hydrogens is 611 g/mol. The van der Waals surface area contributed by atoms with E-state index < -0.39 is 0 Å². The minimum atomic E-state index is 0.602. The number of benzene rings is 7. The summed E-state index contributed by atoms with van der Waals surface area (Å²) in [6, 6.07) is 68.5. The lowest BCUT2D eigenvalue weighted by Crippen LogP contribution is -2.10. The smallest absolute Gasteiger partial charge is 0.164 e. The molecule has 238 valence electrons. The molecule has 1 aromatic heterocycles. The number of nitrogens with zero attached hydrogens (tertiary/aromatic N) is 5. The maximum absolute atomic E-state index is 5.13. The van der Waals surface area contributed by atoms with Crippen LogP contribution in [0.15, 0.2) is 200 Å². The van der Waals surface area contributed by atoms with Crippen molar-refractivity contribution < 1.29 is 0 Å². The molecule has 7 aromatic carbocycles. The maximum Gasteiger partial charge on any atom is 0.164 e. The van der Waals surface area contributed by atoms with Crippen molar-refractivity contribution >= 4 is 34.1 Å². The van der Waals surface area contributed by atoms with E-state index in [0.29, 0.717) is 17.5 Å². The number of rotatable bonds is 9. The normalized spacial score (nSPS) is 10.8. The summed E-state index contributed by atoms with van der Waals surface area (Å²) in [7, 11) is 0. The lowest BCUT2D eigenvalue weighted by molar-refractivity contribution is 1.07. The summed E-state index contributed by atoms with van der Waals surface area (Å²) in [5, 5.41) is 0. The maximum atomic E-state index is 5.13. The molecule has 8 rings (SSSR count). The molecule has 0 N–H and O–H groups in total. The van der Waals surface area contributed by atoms with Crippen molar-refractivity contribution in [2.45, 2.75) is 0 Å². The number of anilines is 6. The summed E-state index contributed by atoms with van der Waals surface area (Å²) in [4.78, 5) is 19.7. The molecule has 0 aliphatic carbocycles. The van der Waals surface area contributed by atoms with Gasteiger partial charge in [0.05, 0.1) is 0 Å². The largest absolute Gasteiger partial charge is 0.310 e. The van der Waals surface area contributed by atoms with Crippen molar-refractivity contribution in [3.63, 3.8) is 0 Å². The fourth-order valence-corrected chi connectivity index (χ4v) is 6.12. The highest BCUT2D eigenvalue weighted by molar-refractivity contribution is 5.81. The summed E-state index contributed by atoms with van der Waals surface area (Å²) >= 11 is 0. The highest BCUT2D eigenvalue weighted by Gasteiger charge is 2.18. The Morgan fingerprint density at radius 3 is 0.840 bits per heavy atom. The van der Waals surface area contributed by atoms with E-state index in [1.165, 1.54) is 0 Å². The molecule has 0 bridgehead atoms. The van der Waals surface area contributed by atoms with Crippen LogP contribution in [0.1, 0.15) is 0 Å². The van der Waals surface area contributed by atoms with Crippen molar-refractivity contribution in [1.82, 2.24) is 15.0 Å². The summed E-state index contributed by atoms with van der Waals surface area (Å²) in [5.41, 5.74) is 8.99. The van der Waals surface area contributed by atoms with E-state index in [9.17, 15) is 0 Å². The molecule has 0 fully saturated rings. The van der Waals surface area contributed by atoms with E-state index >= 15 is 0 Å². The minimum absolute atomic E-state index is 0.602. The highest BCUT2D eigenvalue weighted by Crippen LogP contribution is 2.38. The first kappa shape index (κ1) is 30.5. The number of para-hydroxylation sites is 4. The molecule has 0 unspecified atom stereocenters. The number of hydrogen-bond acceptors (Lipinski definition) is 5. The van der Waals surface area contributed by atoms with Gasteiger partial charge in [0, 0.05) is 50.8 Å². The van der Waals surface area contributed by atoms with E-state index in [2.05, 4.69) is 155 Å². The molecule has 0 radical (unpaired) electrons. The summed E-state index contributed by atoms with van der Waals surface area (Å²) < 4.78 is 0. The van der Waals surface area contributed by atoms with E-state index in [1.54, 1.807) is 0 Å². The number of aromatic nitrogens is 3. The second kappa shape index (κ2) is 14.1. The first-order valence-electron chi connectivity index (χ1n) is 16.6. The van der Waals surface area contributed by atoms with Crippen molar-refractivity contribution in [3.8, 4) is 34.2 Å². The van der Waals surface area contributed by atoms with Gasteiger partial charge >= 0.3 is 0 Å². The van der Waals surface area contributed by atoms with Gasteiger partial charge in [0.2, 0.25) is 0 Å². The summed E-state index contributed by atoms with van der Waals surface area (Å²) in [6.07, 6.45) is 0. The Hall–Kier alpha value is -6.85. The molecule has 5 heteroatoms. The summed E-state index contributed by atoms with van der Waals surface area (Å²) in [5.74, 6) is 1.82. The van der Waals surface area contributed by atoms with E-state index in [4.69, 9.17) is 15.0 Å². The SMILES string of the molecule is c1ccc(-c2nc(-c3cccc(N(c4ccccc4)c4ccccc4)c3)nc(-c3cccc(N(c4ccccc4)c4ccccc4)c3)n2)cc1. The fourth-order valence-electron chi connectivity index (χ4n) is 6.12. The molecule has 0 spiro atoms. The average molecular weight is 644 g/mol. The molecule has 0 atom stereocenters. The lowest BCUT2D eigenvalue weighted by Gasteiger charge is -2.26. The third-order valence-corrected chi connectivity index (χ3v) is 8.45. The molecule has 0 aliphatic heterocycles. The first-order valence-corrected chi connectivity index (χ1v) is 16.6. The zero-order valence-corrected chi connectivity index (χ0v) is 27.3. The monoisotopic (exact) mass is 643 g/mol. The molecule has 5 nitrogen and oxygen atoms in total. The Morgan fingerprint density at radius 2 is 0.500 bits per heavy atom. The van der Waals surface area contributed by atoms with Crippen molar-refractivity contribution in [3.05, 3.63) is 200 Å². The van der Waals surface area contributed by atoms with Crippen LogP contribution in [0.4, 0.5) is 34.1 Å². The first-order chi connectivity index (χ1) is 24.8. The van der Waals surface area contributed by atoms with Crippen LogP contribution in [0, 0.1) is 0 Å². The van der Waals surface area contributed by atoms with E-state index in [0.717, 1.165) is 50.8 Å². The van der Waals surface area contributed by atoms with E-state index in [1.807, 2.05) is 54.6 Å². The van der Waals surface area contributed by atoms with Gasteiger partial charge in [-0.15, -0.1) is 0 Å². The van der Waals surface area contributed by atoms with Crippen molar-refractivity contribution in [2.24, 2.45) is 0 Å². The number of hydrogen-bond donors (Lipinski definition) is 0. The van der Waals surface area contributed by atoms with Gasteiger partial charge in [0.1, 0.15) is 0 Å². The van der Waals surface area contributed by atoms with Crippen LogP contribution >= 0.6 is 0 Å². The minimum Gasteiger partial charge on any atom is -0.310 e. The molecule has 1 heterocycles. The molecule has 0 saturated heterocycles. The Bertz CT molecular complexity index is 2090. The third kappa shape index (κ3) is 6.48. The van der Waals surface area contributed by atoms with Gasteiger partial charge in [-0.05, 0) is 72.8 Å². The summed E-state index contributed by atoms with van der Waals surface area (Å²) in [6.45, 7) is 0. The molecule has 8 aromatic rings. The standard InChI is InChI=1S/C45H33N5/c1-6-18-34(19-7-1)43-46-44(35-20-16-30-41(32-35)49(37-22-8-2-9-23-37)38-24-10-3-11-25-38)48-45(47-43)36-21-17-31-42(33-36)50(39-26-12-4-13-27-39)40-28-14-5-15-29-40/h1-33H. The predicted octanol–water partition coefficient (Wildman–Crippen LogP) is 11.8. The van der Waals surface area contributed by atoms with Crippen LogP contribution in [0.5, 0.6) is 0 Å². The van der Waals surface area contributed by atoms with Gasteiger partial charge in [0.15, 0.2) is 17.5 Å². The van der Waals surface area contributed by atoms with Gasteiger partial charge in [-0.1, -0.05) is 127 Å². The van der Waals surface area contributed by atoms with Gasteiger partial charge in [0.25, 0.3) is 0 Å². The van der Waals surface area contributed by atoms with Crippen LogP contribution in [-0.2, 0) is 0 Å². The average Bonchev–Trinajstić information content (AvgIpc) is 3.20. The molecule has 50 heavy (non-hydrogen) atoms. The zero-order chi connectivity index (χ0) is 33.5. The van der Waals surface area contributed by atoms with Gasteiger partial charge in [-0.25, -0.2) is 15.0 Å². The second-order valence-corrected chi connectivity index (χ2v) is 11.8. The molecule has 0 aliphatic rings. The topological polar surface area (TPSA) is 45.2 Å². The van der Waals surface area contributed by atoms with E-state index in [-0.39, 0.29) is 0 Å². The molecule has 0 saturated carbocycles. The van der Waals surface area contributed by atoms with Gasteiger partial charge in [-0.2, -0.15) is 0 Å². The Morgan fingerprint density at radius 1 is 0.240 bits per heavy atom. The van der Waals surface area contributed by atoms with Gasteiger partial charge in [-0.3, -0.25) is 0 Å². The fraction of sp³-hybridized carbons (Fsp3) is 0. The molecular formula is C45H33N5. The Balaban J connectivity index is 1.26. The quantitative estimate of drug-likeness (QED) is 0.157. The van der Waals surface area contributed by atoms with Crippen molar-refractivity contribution in [1.29, 1.82) is 0 Å². The van der Waals surface area contributed by atoms with Crippen molar-refractivity contribution in [2.75, 3.05) is 9.80 Å². The Labute approximate surface area is 292 Å². The van der Waals surface area contributed by atoms with Crippen LogP contribution in [0.3, 0.4) is 0 Å².